The van der Waals surface area contributed by atoms with Crippen molar-refractivity contribution in [1.29, 1.82) is 0 Å². The number of guanidine groups is 1. The Labute approximate surface area is 187 Å². The van der Waals surface area contributed by atoms with Crippen LogP contribution in [0.25, 0.3) is 0 Å². The van der Waals surface area contributed by atoms with Crippen molar-refractivity contribution in [2.45, 2.75) is 25.9 Å². The molecule has 0 amide bonds. The van der Waals surface area contributed by atoms with Crippen molar-refractivity contribution in [2.75, 3.05) is 19.6 Å². The zero-order valence-electron chi connectivity index (χ0n) is 15.5. The van der Waals surface area contributed by atoms with E-state index in [-0.39, 0.29) is 30.5 Å². The van der Waals surface area contributed by atoms with Crippen molar-refractivity contribution in [3.63, 3.8) is 0 Å². The molecule has 0 bridgehead atoms. The van der Waals surface area contributed by atoms with Gasteiger partial charge in [0.15, 0.2) is 5.96 Å². The van der Waals surface area contributed by atoms with Crippen LogP contribution in [0.3, 0.4) is 0 Å². The predicted molar refractivity (Wildman–Crippen MR) is 122 cm³/mol. The van der Waals surface area contributed by atoms with Crippen LogP contribution in [0.1, 0.15) is 30.6 Å². The first-order chi connectivity index (χ1) is 12.5. The molecule has 6 nitrogen and oxygen atoms in total. The smallest absolute Gasteiger partial charge is 0.191 e. The average molecular weight is 526 g/mol. The van der Waals surface area contributed by atoms with Gasteiger partial charge in [0.2, 0.25) is 0 Å². The average Bonchev–Trinajstić information content (AvgIpc) is 3.00. The van der Waals surface area contributed by atoms with Crippen molar-refractivity contribution in [1.82, 2.24) is 20.4 Å². The number of hydrogen-bond acceptors (Lipinski definition) is 3. The van der Waals surface area contributed by atoms with Gasteiger partial charge in [0.25, 0.3) is 0 Å². The van der Waals surface area contributed by atoms with Gasteiger partial charge in [0.05, 0.1) is 18.8 Å². The van der Waals surface area contributed by atoms with Gasteiger partial charge in [-0.1, -0.05) is 23.2 Å². The summed E-state index contributed by atoms with van der Waals surface area (Å²) in [7, 11) is 1.91. The van der Waals surface area contributed by atoms with Gasteiger partial charge in [-0.3, -0.25) is 9.67 Å². The van der Waals surface area contributed by atoms with E-state index in [2.05, 4.69) is 20.7 Å². The number of nitrogens with zero attached hydrogens (tertiary/aromatic N) is 3. The summed E-state index contributed by atoms with van der Waals surface area (Å²) in [5.41, 5.74) is 1.86. The van der Waals surface area contributed by atoms with Crippen molar-refractivity contribution in [3.05, 3.63) is 51.8 Å². The number of hydrogen-bond donors (Lipinski definition) is 3. The lowest BCUT2D eigenvalue weighted by Gasteiger charge is -2.13. The topological polar surface area (TPSA) is 74.5 Å². The Morgan fingerprint density at radius 2 is 1.96 bits per heavy atom. The monoisotopic (exact) mass is 525 g/mol. The Hall–Kier alpha value is -1.03. The summed E-state index contributed by atoms with van der Waals surface area (Å²) in [6.45, 7) is 3.74. The van der Waals surface area contributed by atoms with E-state index < -0.39 is 6.10 Å². The highest BCUT2D eigenvalue weighted by molar-refractivity contribution is 14.0. The predicted octanol–water partition coefficient (Wildman–Crippen LogP) is 3.57. The maximum atomic E-state index is 10.3. The van der Waals surface area contributed by atoms with E-state index in [4.69, 9.17) is 23.2 Å². The van der Waals surface area contributed by atoms with Gasteiger partial charge >= 0.3 is 0 Å². The summed E-state index contributed by atoms with van der Waals surface area (Å²) in [5.74, 6) is 0.672. The van der Waals surface area contributed by atoms with Gasteiger partial charge in [-0.2, -0.15) is 5.10 Å². The Kier molecular flexibility index (Phi) is 11.1. The Morgan fingerprint density at radius 1 is 1.26 bits per heavy atom. The molecule has 2 aromatic rings. The molecular weight excluding hydrogens is 500 g/mol. The number of nitrogens with one attached hydrogen (secondary N) is 2. The number of aliphatic imine (C=N–C) groups is 1. The molecule has 0 fully saturated rings. The third kappa shape index (κ3) is 8.68. The van der Waals surface area contributed by atoms with E-state index in [1.54, 1.807) is 22.9 Å². The maximum Gasteiger partial charge on any atom is 0.191 e. The second-order valence-electron chi connectivity index (χ2n) is 5.99. The molecule has 0 saturated carbocycles. The molecule has 1 atom stereocenters. The molecule has 27 heavy (non-hydrogen) atoms. The van der Waals surface area contributed by atoms with Crippen molar-refractivity contribution in [3.8, 4) is 0 Å². The van der Waals surface area contributed by atoms with Gasteiger partial charge in [-0.25, -0.2) is 0 Å². The van der Waals surface area contributed by atoms with Crippen LogP contribution in [0.2, 0.25) is 10.0 Å². The molecular formula is C18H26Cl2IN5O. The standard InChI is InChI=1S/C18H25Cl2N5O.HI/c1-3-21-18(22-6-4-5-13-10-24-25(2)12-13)23-11-17(26)14-7-15(19)9-16(20)8-14;/h7-10,12,17,26H,3-6,11H2,1-2H3,(H2,21,22,23);1H. The van der Waals surface area contributed by atoms with Crippen LogP contribution < -0.4 is 10.6 Å². The van der Waals surface area contributed by atoms with Crippen molar-refractivity contribution >= 4 is 53.1 Å². The van der Waals surface area contributed by atoms with Gasteiger partial charge in [-0.15, -0.1) is 24.0 Å². The zero-order valence-corrected chi connectivity index (χ0v) is 19.3. The van der Waals surface area contributed by atoms with Crippen LogP contribution >= 0.6 is 47.2 Å². The molecule has 1 unspecified atom stereocenters. The van der Waals surface area contributed by atoms with Crippen molar-refractivity contribution < 1.29 is 5.11 Å². The van der Waals surface area contributed by atoms with E-state index in [9.17, 15) is 5.11 Å². The maximum absolute atomic E-state index is 10.3. The molecule has 0 aliphatic heterocycles. The first-order valence-corrected chi connectivity index (χ1v) is 9.37. The van der Waals surface area contributed by atoms with E-state index in [1.165, 1.54) is 5.56 Å². The first-order valence-electron chi connectivity index (χ1n) is 8.61. The SMILES string of the molecule is CCNC(=NCC(O)c1cc(Cl)cc(Cl)c1)NCCCc1cnn(C)c1.I. The molecule has 1 heterocycles. The molecule has 150 valence electrons. The molecule has 1 aromatic heterocycles. The summed E-state index contributed by atoms with van der Waals surface area (Å²) in [5, 5.41) is 21.9. The summed E-state index contributed by atoms with van der Waals surface area (Å²) in [6, 6.07) is 5.03. The number of aliphatic hydroxyl groups excluding tert-OH is 1. The van der Waals surface area contributed by atoms with E-state index in [1.807, 2.05) is 26.4 Å². The molecule has 0 radical (unpaired) electrons. The van der Waals surface area contributed by atoms with Crippen LogP contribution in [0.5, 0.6) is 0 Å². The number of rotatable bonds is 8. The molecule has 0 aliphatic carbocycles. The highest BCUT2D eigenvalue weighted by atomic mass is 127. The summed E-state index contributed by atoms with van der Waals surface area (Å²) >= 11 is 12.0. The summed E-state index contributed by atoms with van der Waals surface area (Å²) in [6.07, 6.45) is 5.04. The van der Waals surface area contributed by atoms with E-state index >= 15 is 0 Å². The lowest BCUT2D eigenvalue weighted by Crippen LogP contribution is -2.38. The highest BCUT2D eigenvalue weighted by Gasteiger charge is 2.09. The fourth-order valence-electron chi connectivity index (χ4n) is 2.49. The molecule has 2 rings (SSSR count). The van der Waals surface area contributed by atoms with Crippen LogP contribution in [-0.2, 0) is 13.5 Å². The number of halogens is 3. The Bertz CT molecular complexity index is 718. The summed E-state index contributed by atoms with van der Waals surface area (Å²) < 4.78 is 1.80. The third-order valence-electron chi connectivity index (χ3n) is 3.73. The molecule has 1 aromatic carbocycles. The molecule has 0 spiro atoms. The van der Waals surface area contributed by atoms with Crippen LogP contribution in [-0.4, -0.2) is 40.5 Å². The normalized spacial score (nSPS) is 12.4. The Morgan fingerprint density at radius 3 is 2.56 bits per heavy atom. The lowest BCUT2D eigenvalue weighted by molar-refractivity contribution is 0.187. The highest BCUT2D eigenvalue weighted by Crippen LogP contribution is 2.23. The quantitative estimate of drug-likeness (QED) is 0.213. The molecule has 0 saturated heterocycles. The molecule has 3 N–H and O–H groups in total. The van der Waals surface area contributed by atoms with Crippen LogP contribution in [0.15, 0.2) is 35.6 Å². The number of aryl methyl sites for hydroxylation is 2. The van der Waals surface area contributed by atoms with Crippen LogP contribution in [0.4, 0.5) is 0 Å². The largest absolute Gasteiger partial charge is 0.386 e. The van der Waals surface area contributed by atoms with E-state index in [0.717, 1.165) is 25.9 Å². The number of benzene rings is 1. The first kappa shape index (κ1) is 24.0. The molecule has 9 heteroatoms. The van der Waals surface area contributed by atoms with Gasteiger partial charge < -0.3 is 15.7 Å². The van der Waals surface area contributed by atoms with Gasteiger partial charge in [0.1, 0.15) is 0 Å². The van der Waals surface area contributed by atoms with Gasteiger partial charge in [0, 0.05) is 36.4 Å². The number of aromatic nitrogens is 2. The lowest BCUT2D eigenvalue weighted by atomic mass is 10.1. The second-order valence-corrected chi connectivity index (χ2v) is 6.86. The van der Waals surface area contributed by atoms with Gasteiger partial charge in [-0.05, 0) is 49.1 Å². The molecule has 0 aliphatic rings. The van der Waals surface area contributed by atoms with E-state index in [0.29, 0.717) is 21.6 Å². The fourth-order valence-corrected chi connectivity index (χ4v) is 3.04. The minimum atomic E-state index is -0.767. The Balaban J connectivity index is 0.00000364. The minimum Gasteiger partial charge on any atom is -0.386 e. The van der Waals surface area contributed by atoms with Crippen LogP contribution in [0, 0.1) is 0 Å². The zero-order chi connectivity index (χ0) is 18.9. The number of aliphatic hydroxyl groups is 1. The fraction of sp³-hybridized carbons (Fsp3) is 0.444. The summed E-state index contributed by atoms with van der Waals surface area (Å²) in [4.78, 5) is 4.44. The second kappa shape index (κ2) is 12.4. The minimum absolute atomic E-state index is 0. The van der Waals surface area contributed by atoms with Crippen molar-refractivity contribution in [2.24, 2.45) is 12.0 Å². The third-order valence-corrected chi connectivity index (χ3v) is 4.17.